The minimum atomic E-state index is 0.765. The number of hydrogen-bond donors (Lipinski definition) is 0. The third-order valence-corrected chi connectivity index (χ3v) is 2.50. The average Bonchev–Trinajstić information content (AvgIpc) is 2.03. The van der Waals surface area contributed by atoms with E-state index in [9.17, 15) is 0 Å². The molecular weight excluding hydrogens is 223 g/mol. The monoisotopic (exact) mass is 230 g/mol. The van der Waals surface area contributed by atoms with Gasteiger partial charge in [-0.3, -0.25) is 0 Å². The van der Waals surface area contributed by atoms with Gasteiger partial charge in [0.25, 0.3) is 0 Å². The minimum Gasteiger partial charge on any atom is -0.0843 e. The van der Waals surface area contributed by atoms with E-state index in [1.54, 1.807) is 0 Å². The quantitative estimate of drug-likeness (QED) is 0.683. The molecule has 0 heterocycles. The fourth-order valence-electron chi connectivity index (χ4n) is 0.804. The number of halogens is 2. The molecule has 0 nitrogen and oxygen atoms in total. The predicted molar refractivity (Wildman–Crippen MR) is 54.0 cm³/mol. The Kier molecular flexibility index (Phi) is 3.16. The maximum absolute atomic E-state index is 5.80. The Bertz CT molecular complexity index is 279. The smallest absolute Gasteiger partial charge is 0.0412 e. The van der Waals surface area contributed by atoms with Crippen LogP contribution in [-0.4, -0.2) is 0 Å². The van der Waals surface area contributed by atoms with Crippen molar-refractivity contribution in [1.82, 2.24) is 0 Å². The van der Waals surface area contributed by atoms with Gasteiger partial charge in [0.2, 0.25) is 0 Å². The lowest BCUT2D eigenvalue weighted by Gasteiger charge is -1.97. The van der Waals surface area contributed by atoms with Gasteiger partial charge >= 0.3 is 0 Å². The first-order valence-corrected chi connectivity index (χ1v) is 4.49. The van der Waals surface area contributed by atoms with Crippen molar-refractivity contribution in [2.24, 2.45) is 0 Å². The molecular formula is C9H8BrCl. The lowest BCUT2D eigenvalue weighted by molar-refractivity contribution is 1.63. The molecule has 0 spiro atoms. The number of benzene rings is 1. The Hall–Kier alpha value is -0.270. The summed E-state index contributed by atoms with van der Waals surface area (Å²) in [6.45, 7) is 1.98. The standard InChI is InChI=1S/C9H8BrCl/c1-2-9(10)7-4-3-5-8(11)6-7/h2-6H,1H3. The van der Waals surface area contributed by atoms with E-state index >= 15 is 0 Å². The molecule has 0 bridgehead atoms. The van der Waals surface area contributed by atoms with Gasteiger partial charge in [-0.15, -0.1) is 0 Å². The fourth-order valence-corrected chi connectivity index (χ4v) is 1.24. The summed E-state index contributed by atoms with van der Waals surface area (Å²) in [6.07, 6.45) is 1.99. The third-order valence-electron chi connectivity index (χ3n) is 1.35. The van der Waals surface area contributed by atoms with Crippen LogP contribution in [0.3, 0.4) is 0 Å². The summed E-state index contributed by atoms with van der Waals surface area (Å²) in [7, 11) is 0. The molecule has 0 aliphatic rings. The van der Waals surface area contributed by atoms with Gasteiger partial charge in [0.1, 0.15) is 0 Å². The van der Waals surface area contributed by atoms with Crippen molar-refractivity contribution >= 4 is 32.0 Å². The summed E-state index contributed by atoms with van der Waals surface area (Å²) >= 11 is 9.22. The second-order valence-electron chi connectivity index (χ2n) is 2.15. The SMILES string of the molecule is CC=C(Br)c1cccc(Cl)c1. The molecule has 0 fully saturated rings. The van der Waals surface area contributed by atoms with Crippen LogP contribution in [0.4, 0.5) is 0 Å². The molecule has 0 aliphatic heterocycles. The molecule has 0 unspecified atom stereocenters. The van der Waals surface area contributed by atoms with Gasteiger partial charge in [0.15, 0.2) is 0 Å². The van der Waals surface area contributed by atoms with Gasteiger partial charge in [-0.1, -0.05) is 45.7 Å². The van der Waals surface area contributed by atoms with Gasteiger partial charge in [-0.05, 0) is 24.6 Å². The lowest BCUT2D eigenvalue weighted by atomic mass is 10.2. The highest BCUT2D eigenvalue weighted by Gasteiger charge is 1.95. The Balaban J connectivity index is 3.06. The first-order valence-electron chi connectivity index (χ1n) is 3.32. The van der Waals surface area contributed by atoms with E-state index in [1.807, 2.05) is 37.3 Å². The molecule has 2 heteroatoms. The largest absolute Gasteiger partial charge is 0.0843 e. The van der Waals surface area contributed by atoms with Crippen LogP contribution in [0.15, 0.2) is 30.3 Å². The molecule has 1 rings (SSSR count). The highest BCUT2D eigenvalue weighted by Crippen LogP contribution is 2.23. The van der Waals surface area contributed by atoms with Crippen LogP contribution in [-0.2, 0) is 0 Å². The molecule has 0 saturated carbocycles. The normalized spacial score (nSPS) is 11.7. The summed E-state index contributed by atoms with van der Waals surface area (Å²) < 4.78 is 1.07. The van der Waals surface area contributed by atoms with E-state index in [4.69, 9.17) is 11.6 Å². The van der Waals surface area contributed by atoms with Crippen molar-refractivity contribution < 1.29 is 0 Å². The molecule has 0 amide bonds. The van der Waals surface area contributed by atoms with Crippen LogP contribution in [0, 0.1) is 0 Å². The second kappa shape index (κ2) is 3.93. The number of allylic oxidation sites excluding steroid dienone is 1. The lowest BCUT2D eigenvalue weighted by Crippen LogP contribution is -1.74. The number of hydrogen-bond acceptors (Lipinski definition) is 0. The molecule has 0 saturated heterocycles. The van der Waals surface area contributed by atoms with Crippen molar-refractivity contribution in [3.63, 3.8) is 0 Å². The van der Waals surface area contributed by atoms with E-state index in [1.165, 1.54) is 0 Å². The van der Waals surface area contributed by atoms with Gasteiger partial charge < -0.3 is 0 Å². The Morgan fingerprint density at radius 1 is 1.55 bits per heavy atom. The molecule has 11 heavy (non-hydrogen) atoms. The molecule has 0 atom stereocenters. The van der Waals surface area contributed by atoms with Gasteiger partial charge in [-0.2, -0.15) is 0 Å². The average molecular weight is 232 g/mol. The Morgan fingerprint density at radius 3 is 2.82 bits per heavy atom. The summed E-state index contributed by atoms with van der Waals surface area (Å²) in [5.41, 5.74) is 1.11. The van der Waals surface area contributed by atoms with Crippen LogP contribution in [0.5, 0.6) is 0 Å². The molecule has 0 aliphatic carbocycles. The van der Waals surface area contributed by atoms with Crippen LogP contribution in [0.2, 0.25) is 5.02 Å². The summed E-state index contributed by atoms with van der Waals surface area (Å²) in [6, 6.07) is 7.73. The van der Waals surface area contributed by atoms with Crippen molar-refractivity contribution in [2.45, 2.75) is 6.92 Å². The Labute approximate surface area is 80.0 Å². The van der Waals surface area contributed by atoms with Crippen molar-refractivity contribution in [3.8, 4) is 0 Å². The van der Waals surface area contributed by atoms with Gasteiger partial charge in [-0.25, -0.2) is 0 Å². The zero-order valence-corrected chi connectivity index (χ0v) is 8.48. The van der Waals surface area contributed by atoms with Crippen molar-refractivity contribution in [2.75, 3.05) is 0 Å². The highest BCUT2D eigenvalue weighted by atomic mass is 79.9. The zero-order chi connectivity index (χ0) is 8.27. The molecule has 1 aromatic carbocycles. The molecule has 1 aromatic rings. The highest BCUT2D eigenvalue weighted by molar-refractivity contribution is 9.15. The molecule has 0 N–H and O–H groups in total. The van der Waals surface area contributed by atoms with E-state index in [0.29, 0.717) is 0 Å². The van der Waals surface area contributed by atoms with Crippen LogP contribution < -0.4 is 0 Å². The van der Waals surface area contributed by atoms with Crippen molar-refractivity contribution in [3.05, 3.63) is 40.9 Å². The van der Waals surface area contributed by atoms with E-state index < -0.39 is 0 Å². The van der Waals surface area contributed by atoms with Crippen LogP contribution in [0.1, 0.15) is 12.5 Å². The predicted octanol–water partition coefficient (Wildman–Crippen LogP) is 4.10. The molecule has 0 radical (unpaired) electrons. The van der Waals surface area contributed by atoms with E-state index in [2.05, 4.69) is 15.9 Å². The van der Waals surface area contributed by atoms with Crippen LogP contribution >= 0.6 is 27.5 Å². The van der Waals surface area contributed by atoms with Crippen molar-refractivity contribution in [1.29, 1.82) is 0 Å². The molecule has 58 valence electrons. The number of rotatable bonds is 1. The second-order valence-corrected chi connectivity index (χ2v) is 3.44. The molecule has 0 aromatic heterocycles. The summed E-state index contributed by atoms with van der Waals surface area (Å²) in [4.78, 5) is 0. The first kappa shape index (κ1) is 8.82. The summed E-state index contributed by atoms with van der Waals surface area (Å²) in [5, 5.41) is 0.765. The fraction of sp³-hybridized carbons (Fsp3) is 0.111. The zero-order valence-electron chi connectivity index (χ0n) is 6.14. The Morgan fingerprint density at radius 2 is 2.27 bits per heavy atom. The van der Waals surface area contributed by atoms with Gasteiger partial charge in [0.05, 0.1) is 0 Å². The minimum absolute atomic E-state index is 0.765. The van der Waals surface area contributed by atoms with Gasteiger partial charge in [0, 0.05) is 9.51 Å². The third kappa shape index (κ3) is 2.35. The van der Waals surface area contributed by atoms with Crippen LogP contribution in [0.25, 0.3) is 4.48 Å². The maximum Gasteiger partial charge on any atom is 0.0412 e. The summed E-state index contributed by atoms with van der Waals surface area (Å²) in [5.74, 6) is 0. The van der Waals surface area contributed by atoms with E-state index in [-0.39, 0.29) is 0 Å². The first-order chi connectivity index (χ1) is 5.24. The topological polar surface area (TPSA) is 0 Å². The van der Waals surface area contributed by atoms with E-state index in [0.717, 1.165) is 15.1 Å². The maximum atomic E-state index is 5.80.